The number of nitrogens with zero attached hydrogens (tertiary/aromatic N) is 2. The van der Waals surface area contributed by atoms with E-state index in [0.717, 1.165) is 6.07 Å². The standard InChI is InChI=1S/C16H11ClF3N3O5/c17-5-7-6-22(14(24)16(18,19)20)12-4-11(23(27)28)10-3-8(21-15(25)26)1-2-9(10)13(7)12/h1-4,7,21H,5-6H2,(H,25,26). The lowest BCUT2D eigenvalue weighted by molar-refractivity contribution is -0.383. The Kier molecular flexibility index (Phi) is 4.79. The van der Waals surface area contributed by atoms with Crippen LogP contribution in [0.25, 0.3) is 10.8 Å². The van der Waals surface area contributed by atoms with Gasteiger partial charge < -0.3 is 10.0 Å². The lowest BCUT2D eigenvalue weighted by Gasteiger charge is -2.19. The number of nitro benzene ring substituents is 1. The minimum atomic E-state index is -5.16. The molecular weight excluding hydrogens is 407 g/mol. The largest absolute Gasteiger partial charge is 0.471 e. The van der Waals surface area contributed by atoms with Gasteiger partial charge in [-0.15, -0.1) is 11.6 Å². The van der Waals surface area contributed by atoms with Gasteiger partial charge in [0.05, 0.1) is 16.0 Å². The van der Waals surface area contributed by atoms with Gasteiger partial charge in [0.1, 0.15) is 0 Å². The van der Waals surface area contributed by atoms with Crippen LogP contribution in [-0.2, 0) is 4.79 Å². The number of nitrogens with one attached hydrogen (secondary N) is 1. The Morgan fingerprint density at radius 1 is 1.32 bits per heavy atom. The monoisotopic (exact) mass is 417 g/mol. The predicted molar refractivity (Wildman–Crippen MR) is 94.1 cm³/mol. The van der Waals surface area contributed by atoms with Crippen LogP contribution in [0.5, 0.6) is 0 Å². The number of hydrogen-bond acceptors (Lipinski definition) is 4. The Labute approximate surface area is 159 Å². The van der Waals surface area contributed by atoms with Crippen molar-refractivity contribution in [3.8, 4) is 0 Å². The second kappa shape index (κ2) is 6.82. The highest BCUT2D eigenvalue weighted by molar-refractivity contribution is 6.19. The van der Waals surface area contributed by atoms with E-state index in [-0.39, 0.29) is 40.1 Å². The molecule has 0 bridgehead atoms. The van der Waals surface area contributed by atoms with Crippen molar-refractivity contribution in [1.82, 2.24) is 0 Å². The number of benzene rings is 2. The average Bonchev–Trinajstić information content (AvgIpc) is 2.97. The number of rotatable bonds is 3. The van der Waals surface area contributed by atoms with E-state index >= 15 is 0 Å². The van der Waals surface area contributed by atoms with Gasteiger partial charge in [-0.25, -0.2) is 4.79 Å². The highest BCUT2D eigenvalue weighted by Gasteiger charge is 2.47. The molecule has 0 aliphatic carbocycles. The lowest BCUT2D eigenvalue weighted by Crippen LogP contribution is -2.40. The number of carbonyl (C=O) groups is 2. The third kappa shape index (κ3) is 3.28. The first-order chi connectivity index (χ1) is 13.0. The summed E-state index contributed by atoms with van der Waals surface area (Å²) in [6.07, 6.45) is -6.54. The van der Waals surface area contributed by atoms with Crippen LogP contribution in [0.1, 0.15) is 11.5 Å². The number of non-ortho nitro benzene ring substituents is 1. The van der Waals surface area contributed by atoms with E-state index in [0.29, 0.717) is 4.90 Å². The predicted octanol–water partition coefficient (Wildman–Crippen LogP) is 4.07. The summed E-state index contributed by atoms with van der Waals surface area (Å²) < 4.78 is 38.9. The molecule has 0 fully saturated rings. The first-order valence-corrected chi connectivity index (χ1v) is 8.27. The fourth-order valence-corrected chi connectivity index (χ4v) is 3.55. The summed E-state index contributed by atoms with van der Waals surface area (Å²) in [5.74, 6) is -2.93. The lowest BCUT2D eigenvalue weighted by atomic mass is 9.94. The number of nitro groups is 1. The van der Waals surface area contributed by atoms with Crippen molar-refractivity contribution in [3.63, 3.8) is 0 Å². The molecule has 1 aliphatic heterocycles. The maximum Gasteiger partial charge on any atom is 0.471 e. The summed E-state index contributed by atoms with van der Waals surface area (Å²) >= 11 is 5.88. The average molecular weight is 418 g/mol. The maximum absolute atomic E-state index is 13.0. The molecule has 1 unspecified atom stereocenters. The van der Waals surface area contributed by atoms with Gasteiger partial charge in [-0.1, -0.05) is 6.07 Å². The van der Waals surface area contributed by atoms with Crippen molar-refractivity contribution in [3.05, 3.63) is 39.9 Å². The van der Waals surface area contributed by atoms with Crippen LogP contribution in [-0.4, -0.2) is 40.6 Å². The van der Waals surface area contributed by atoms with Crippen LogP contribution < -0.4 is 10.2 Å². The van der Waals surface area contributed by atoms with Crippen molar-refractivity contribution in [1.29, 1.82) is 0 Å². The summed E-state index contributed by atoms with van der Waals surface area (Å²) in [4.78, 5) is 33.7. The molecule has 28 heavy (non-hydrogen) atoms. The summed E-state index contributed by atoms with van der Waals surface area (Å²) in [7, 11) is 0. The number of hydrogen-bond donors (Lipinski definition) is 2. The zero-order chi connectivity index (χ0) is 20.8. The molecule has 1 atom stereocenters. The second-order valence-electron chi connectivity index (χ2n) is 6.04. The summed E-state index contributed by atoms with van der Waals surface area (Å²) in [5.41, 5.74) is -0.467. The van der Waals surface area contributed by atoms with Crippen LogP contribution in [0.3, 0.4) is 0 Å². The zero-order valence-electron chi connectivity index (χ0n) is 13.8. The van der Waals surface area contributed by atoms with Gasteiger partial charge in [-0.2, -0.15) is 13.2 Å². The zero-order valence-corrected chi connectivity index (χ0v) is 14.5. The Hall–Kier alpha value is -3.08. The molecule has 148 valence electrons. The van der Waals surface area contributed by atoms with Crippen molar-refractivity contribution in [2.75, 3.05) is 22.6 Å². The second-order valence-corrected chi connectivity index (χ2v) is 6.35. The fourth-order valence-electron chi connectivity index (χ4n) is 3.30. The molecule has 0 saturated heterocycles. The van der Waals surface area contributed by atoms with Gasteiger partial charge >= 0.3 is 18.2 Å². The van der Waals surface area contributed by atoms with Gasteiger partial charge in [-0.05, 0) is 23.1 Å². The van der Waals surface area contributed by atoms with Crippen LogP contribution in [0.2, 0.25) is 0 Å². The van der Waals surface area contributed by atoms with Crippen LogP contribution >= 0.6 is 11.6 Å². The van der Waals surface area contributed by atoms with Gasteiger partial charge in [0.15, 0.2) is 0 Å². The van der Waals surface area contributed by atoms with E-state index in [1.54, 1.807) is 0 Å². The number of anilines is 2. The number of alkyl halides is 4. The fraction of sp³-hybridized carbons (Fsp3) is 0.250. The normalized spacial score (nSPS) is 16.1. The van der Waals surface area contributed by atoms with Crippen LogP contribution in [0.15, 0.2) is 24.3 Å². The molecule has 0 saturated carbocycles. The van der Waals surface area contributed by atoms with Crippen LogP contribution in [0.4, 0.5) is 35.0 Å². The van der Waals surface area contributed by atoms with Crippen molar-refractivity contribution in [2.45, 2.75) is 12.1 Å². The van der Waals surface area contributed by atoms with Gasteiger partial charge in [0, 0.05) is 30.1 Å². The van der Waals surface area contributed by atoms with E-state index in [9.17, 15) is 32.9 Å². The van der Waals surface area contributed by atoms with E-state index < -0.39 is 34.7 Å². The summed E-state index contributed by atoms with van der Waals surface area (Å²) in [5, 5.41) is 22.6. The molecule has 8 nitrogen and oxygen atoms in total. The minimum absolute atomic E-state index is 0.0198. The first-order valence-electron chi connectivity index (χ1n) is 7.74. The van der Waals surface area contributed by atoms with E-state index in [2.05, 4.69) is 5.32 Å². The molecule has 2 aromatic carbocycles. The molecule has 2 amide bonds. The maximum atomic E-state index is 13.0. The highest BCUT2D eigenvalue weighted by Crippen LogP contribution is 2.46. The quantitative estimate of drug-likeness (QED) is 0.444. The Bertz CT molecular complexity index is 1010. The van der Waals surface area contributed by atoms with Crippen molar-refractivity contribution in [2.24, 2.45) is 0 Å². The molecule has 3 rings (SSSR count). The van der Waals surface area contributed by atoms with Crippen LogP contribution in [0, 0.1) is 10.1 Å². The van der Waals surface area contributed by atoms with Gasteiger partial charge in [-0.3, -0.25) is 20.2 Å². The molecule has 0 aromatic heterocycles. The summed E-state index contributed by atoms with van der Waals surface area (Å²) in [6.45, 7) is -0.372. The number of fused-ring (bicyclic) bond motifs is 3. The third-order valence-electron chi connectivity index (χ3n) is 4.36. The van der Waals surface area contributed by atoms with Crippen molar-refractivity contribution >= 4 is 51.4 Å². The van der Waals surface area contributed by atoms with Crippen molar-refractivity contribution < 1.29 is 32.8 Å². The number of amides is 2. The third-order valence-corrected chi connectivity index (χ3v) is 4.73. The molecule has 0 radical (unpaired) electrons. The number of carbonyl (C=O) groups excluding carboxylic acids is 1. The highest BCUT2D eigenvalue weighted by atomic mass is 35.5. The Morgan fingerprint density at radius 3 is 2.54 bits per heavy atom. The first kappa shape index (κ1) is 19.7. The van der Waals surface area contributed by atoms with E-state index in [1.807, 2.05) is 0 Å². The molecule has 1 heterocycles. The van der Waals surface area contributed by atoms with Gasteiger partial charge in [0.25, 0.3) is 5.69 Å². The molecular formula is C16H11ClF3N3O5. The molecule has 2 N–H and O–H groups in total. The Morgan fingerprint density at radius 2 is 2.00 bits per heavy atom. The SMILES string of the molecule is O=C(O)Nc1ccc2c3c(cc([N+](=O)[O-])c2c1)N(C(=O)C(F)(F)F)CC3CCl. The van der Waals surface area contributed by atoms with E-state index in [1.165, 1.54) is 18.2 Å². The molecule has 1 aliphatic rings. The smallest absolute Gasteiger partial charge is 0.465 e. The minimum Gasteiger partial charge on any atom is -0.465 e. The molecule has 0 spiro atoms. The van der Waals surface area contributed by atoms with Gasteiger partial charge in [0.2, 0.25) is 0 Å². The Balaban J connectivity index is 2.29. The summed E-state index contributed by atoms with van der Waals surface area (Å²) in [6, 6.07) is 4.77. The molecule has 2 aromatic rings. The van der Waals surface area contributed by atoms with E-state index in [4.69, 9.17) is 16.7 Å². The molecule has 12 heteroatoms. The number of halogens is 4. The number of carboxylic acid groups (broad SMARTS) is 1. The topological polar surface area (TPSA) is 113 Å².